The number of benzene rings is 1. The molecule has 16 heavy (non-hydrogen) atoms. The average molecular weight is 214 g/mol. The van der Waals surface area contributed by atoms with Gasteiger partial charge in [-0.05, 0) is 12.1 Å². The third kappa shape index (κ3) is 1.79. The van der Waals surface area contributed by atoms with E-state index in [4.69, 9.17) is 4.74 Å². The van der Waals surface area contributed by atoms with Crippen LogP contribution in [0.4, 0.5) is 0 Å². The number of hydrogen-bond donors (Lipinski definition) is 1. The second-order valence-electron chi connectivity index (χ2n) is 4.01. The molecule has 1 N–H and O–H groups in total. The molecular weight excluding hydrogens is 200 g/mol. The van der Waals surface area contributed by atoms with Crippen molar-refractivity contribution in [3.8, 4) is 0 Å². The molecule has 2 aromatic rings. The van der Waals surface area contributed by atoms with E-state index in [1.54, 1.807) is 0 Å². The van der Waals surface area contributed by atoms with E-state index in [1.165, 1.54) is 5.39 Å². The molecule has 0 saturated carbocycles. The minimum Gasteiger partial charge on any atom is -0.378 e. The summed E-state index contributed by atoms with van der Waals surface area (Å²) >= 11 is 0. The maximum absolute atomic E-state index is 5.45. The SMILES string of the molecule is c1ccc2nc(C3COCCN3)ccc2c1. The number of fused-ring (bicyclic) bond motifs is 1. The van der Waals surface area contributed by atoms with Crippen LogP contribution < -0.4 is 5.32 Å². The average Bonchev–Trinajstić information content (AvgIpc) is 2.39. The summed E-state index contributed by atoms with van der Waals surface area (Å²) in [6, 6.07) is 12.6. The number of morpholine rings is 1. The molecule has 82 valence electrons. The van der Waals surface area contributed by atoms with Crippen molar-refractivity contribution in [1.29, 1.82) is 0 Å². The highest BCUT2D eigenvalue weighted by Gasteiger charge is 2.16. The second-order valence-corrected chi connectivity index (χ2v) is 4.01. The van der Waals surface area contributed by atoms with Crippen LogP contribution in [0.5, 0.6) is 0 Å². The van der Waals surface area contributed by atoms with Crippen LogP contribution >= 0.6 is 0 Å². The molecular formula is C13H14N2O. The Morgan fingerprint density at radius 3 is 3.00 bits per heavy atom. The maximum atomic E-state index is 5.45. The Balaban J connectivity index is 1.97. The van der Waals surface area contributed by atoms with Crippen molar-refractivity contribution in [2.75, 3.05) is 19.8 Å². The van der Waals surface area contributed by atoms with Crippen LogP contribution in [0.15, 0.2) is 36.4 Å². The Morgan fingerprint density at radius 1 is 1.19 bits per heavy atom. The van der Waals surface area contributed by atoms with Gasteiger partial charge in [0.2, 0.25) is 0 Å². The quantitative estimate of drug-likeness (QED) is 0.787. The summed E-state index contributed by atoms with van der Waals surface area (Å²) in [5.41, 5.74) is 2.12. The van der Waals surface area contributed by atoms with Crippen molar-refractivity contribution in [2.24, 2.45) is 0 Å². The van der Waals surface area contributed by atoms with E-state index in [0.717, 1.165) is 24.4 Å². The largest absolute Gasteiger partial charge is 0.378 e. The Labute approximate surface area is 94.5 Å². The molecule has 1 saturated heterocycles. The summed E-state index contributed by atoms with van der Waals surface area (Å²) in [4.78, 5) is 4.66. The third-order valence-electron chi connectivity index (χ3n) is 2.90. The van der Waals surface area contributed by atoms with Gasteiger partial charge in [0.15, 0.2) is 0 Å². The molecule has 0 bridgehead atoms. The van der Waals surface area contributed by atoms with Crippen LogP contribution in [0.3, 0.4) is 0 Å². The number of aromatic nitrogens is 1. The van der Waals surface area contributed by atoms with Crippen molar-refractivity contribution in [3.05, 3.63) is 42.1 Å². The van der Waals surface area contributed by atoms with Gasteiger partial charge < -0.3 is 10.1 Å². The lowest BCUT2D eigenvalue weighted by Gasteiger charge is -2.23. The molecule has 3 rings (SSSR count). The summed E-state index contributed by atoms with van der Waals surface area (Å²) in [6.07, 6.45) is 0. The molecule has 2 heterocycles. The van der Waals surface area contributed by atoms with Gasteiger partial charge in [-0.25, -0.2) is 0 Å². The first kappa shape index (κ1) is 9.75. The Hall–Kier alpha value is -1.45. The van der Waals surface area contributed by atoms with Gasteiger partial charge in [0.05, 0.1) is 30.5 Å². The number of pyridine rings is 1. The van der Waals surface area contributed by atoms with Gasteiger partial charge in [-0.3, -0.25) is 4.98 Å². The highest BCUT2D eigenvalue weighted by atomic mass is 16.5. The Kier molecular flexibility index (Phi) is 2.56. The van der Waals surface area contributed by atoms with Gasteiger partial charge in [-0.15, -0.1) is 0 Å². The van der Waals surface area contributed by atoms with Crippen LogP contribution in [0.2, 0.25) is 0 Å². The predicted molar refractivity (Wildman–Crippen MR) is 63.3 cm³/mol. The first-order valence-electron chi connectivity index (χ1n) is 5.60. The molecule has 0 aliphatic carbocycles. The zero-order valence-corrected chi connectivity index (χ0v) is 9.02. The minimum atomic E-state index is 0.235. The van der Waals surface area contributed by atoms with Gasteiger partial charge in [0.1, 0.15) is 0 Å². The van der Waals surface area contributed by atoms with Crippen molar-refractivity contribution in [1.82, 2.24) is 10.3 Å². The fraction of sp³-hybridized carbons (Fsp3) is 0.308. The fourth-order valence-electron chi connectivity index (χ4n) is 2.03. The zero-order valence-electron chi connectivity index (χ0n) is 9.02. The molecule has 1 atom stereocenters. The number of nitrogens with one attached hydrogen (secondary N) is 1. The molecule has 3 nitrogen and oxygen atoms in total. The van der Waals surface area contributed by atoms with Crippen LogP contribution in [-0.4, -0.2) is 24.7 Å². The third-order valence-corrected chi connectivity index (χ3v) is 2.90. The molecule has 1 aliphatic rings. The summed E-state index contributed by atoms with van der Waals surface area (Å²) in [6.45, 7) is 2.41. The molecule has 0 spiro atoms. The smallest absolute Gasteiger partial charge is 0.0733 e. The van der Waals surface area contributed by atoms with E-state index in [1.807, 2.05) is 18.2 Å². The van der Waals surface area contributed by atoms with Crippen molar-refractivity contribution in [2.45, 2.75) is 6.04 Å². The van der Waals surface area contributed by atoms with E-state index in [-0.39, 0.29) is 6.04 Å². The van der Waals surface area contributed by atoms with Crippen molar-refractivity contribution in [3.63, 3.8) is 0 Å². The predicted octanol–water partition coefficient (Wildman–Crippen LogP) is 1.90. The fourth-order valence-corrected chi connectivity index (χ4v) is 2.03. The lowest BCUT2D eigenvalue weighted by atomic mass is 10.1. The normalized spacial score (nSPS) is 21.1. The number of para-hydroxylation sites is 1. The van der Waals surface area contributed by atoms with E-state index < -0.39 is 0 Å². The highest BCUT2D eigenvalue weighted by Crippen LogP contribution is 2.18. The molecule has 3 heteroatoms. The number of ether oxygens (including phenoxy) is 1. The summed E-state index contributed by atoms with van der Waals surface area (Å²) in [5.74, 6) is 0. The first-order valence-corrected chi connectivity index (χ1v) is 5.60. The monoisotopic (exact) mass is 214 g/mol. The maximum Gasteiger partial charge on any atom is 0.0733 e. The summed E-state index contributed by atoms with van der Waals surface area (Å²) in [5, 5.41) is 4.60. The Morgan fingerprint density at radius 2 is 2.12 bits per heavy atom. The number of hydrogen-bond acceptors (Lipinski definition) is 3. The highest BCUT2D eigenvalue weighted by molar-refractivity contribution is 5.78. The van der Waals surface area contributed by atoms with E-state index in [2.05, 4.69) is 28.5 Å². The minimum absolute atomic E-state index is 0.235. The lowest BCUT2D eigenvalue weighted by molar-refractivity contribution is 0.0757. The second kappa shape index (κ2) is 4.20. The van der Waals surface area contributed by atoms with Crippen LogP contribution in [0.25, 0.3) is 10.9 Å². The molecule has 1 aromatic carbocycles. The van der Waals surface area contributed by atoms with Gasteiger partial charge in [0, 0.05) is 11.9 Å². The van der Waals surface area contributed by atoms with Crippen LogP contribution in [0, 0.1) is 0 Å². The molecule has 0 amide bonds. The molecule has 1 aliphatic heterocycles. The van der Waals surface area contributed by atoms with Gasteiger partial charge in [-0.1, -0.05) is 24.3 Å². The Bertz CT molecular complexity index is 492. The summed E-state index contributed by atoms with van der Waals surface area (Å²) in [7, 11) is 0. The van der Waals surface area contributed by atoms with Crippen molar-refractivity contribution < 1.29 is 4.74 Å². The van der Waals surface area contributed by atoms with E-state index in [0.29, 0.717) is 6.61 Å². The topological polar surface area (TPSA) is 34.1 Å². The van der Waals surface area contributed by atoms with Gasteiger partial charge in [0.25, 0.3) is 0 Å². The molecule has 0 radical (unpaired) electrons. The molecule has 1 unspecified atom stereocenters. The molecule has 1 aromatic heterocycles. The van der Waals surface area contributed by atoms with Crippen LogP contribution in [0.1, 0.15) is 11.7 Å². The van der Waals surface area contributed by atoms with E-state index in [9.17, 15) is 0 Å². The number of rotatable bonds is 1. The van der Waals surface area contributed by atoms with Gasteiger partial charge >= 0.3 is 0 Å². The first-order chi connectivity index (χ1) is 7.93. The molecule has 1 fully saturated rings. The van der Waals surface area contributed by atoms with Gasteiger partial charge in [-0.2, -0.15) is 0 Å². The summed E-state index contributed by atoms with van der Waals surface area (Å²) < 4.78 is 5.45. The van der Waals surface area contributed by atoms with Crippen LogP contribution in [-0.2, 0) is 4.74 Å². The lowest BCUT2D eigenvalue weighted by Crippen LogP contribution is -2.35. The van der Waals surface area contributed by atoms with Crippen molar-refractivity contribution >= 4 is 10.9 Å². The number of nitrogens with zero attached hydrogens (tertiary/aromatic N) is 1. The van der Waals surface area contributed by atoms with E-state index >= 15 is 0 Å². The zero-order chi connectivity index (χ0) is 10.8. The standard InChI is InChI=1S/C13H14N2O/c1-2-4-11-10(3-1)5-6-12(15-11)13-9-16-8-7-14-13/h1-6,13-14H,7-9H2.